The van der Waals surface area contributed by atoms with Gasteiger partial charge in [0.1, 0.15) is 18.0 Å². The highest BCUT2D eigenvalue weighted by Crippen LogP contribution is 2.34. The van der Waals surface area contributed by atoms with Gasteiger partial charge in [0.25, 0.3) is 6.10 Å². The van der Waals surface area contributed by atoms with Crippen LogP contribution in [0.1, 0.15) is 17.6 Å². The summed E-state index contributed by atoms with van der Waals surface area (Å²) < 4.78 is 26.7. The number of hydrogen-bond acceptors (Lipinski definition) is 9. The minimum atomic E-state index is -2.17. The van der Waals surface area contributed by atoms with E-state index in [1.807, 2.05) is 30.3 Å². The van der Waals surface area contributed by atoms with Crippen LogP contribution in [-0.2, 0) is 25.6 Å². The molecule has 34 heavy (non-hydrogen) atoms. The Morgan fingerprint density at radius 2 is 1.94 bits per heavy atom. The van der Waals surface area contributed by atoms with Crippen LogP contribution in [0.15, 0.2) is 36.7 Å². The summed E-state index contributed by atoms with van der Waals surface area (Å²) in [7, 11) is 0. The summed E-state index contributed by atoms with van der Waals surface area (Å²) in [6.45, 7) is 1.49. The number of aliphatic hydroxyl groups excluding tert-OH is 1. The first-order valence-electron chi connectivity index (χ1n) is 10.3. The molecule has 0 spiro atoms. The number of benzene rings is 1. The third-order valence-corrected chi connectivity index (χ3v) is 5.28. The lowest BCUT2D eigenvalue weighted by Gasteiger charge is -2.17. The van der Waals surface area contributed by atoms with Crippen LogP contribution in [0.4, 0.5) is 10.2 Å². The highest BCUT2D eigenvalue weighted by atomic mass is 19.1. The minimum absolute atomic E-state index is 0.262. The van der Waals surface area contributed by atoms with Crippen LogP contribution in [0.25, 0.3) is 11.2 Å². The molecule has 0 saturated carbocycles. The molecule has 0 unspecified atom stereocenters. The van der Waals surface area contributed by atoms with Crippen LogP contribution in [-0.4, -0.2) is 77.9 Å². The third kappa shape index (κ3) is 4.66. The van der Waals surface area contributed by atoms with Crippen LogP contribution in [0.3, 0.4) is 0 Å². The predicted molar refractivity (Wildman–Crippen MR) is 114 cm³/mol. The molecule has 0 radical (unpaired) electrons. The van der Waals surface area contributed by atoms with E-state index in [4.69, 9.17) is 19.7 Å². The summed E-state index contributed by atoms with van der Waals surface area (Å²) in [6, 6.07) is 9.61. The molecule has 0 bridgehead atoms. The van der Waals surface area contributed by atoms with Crippen molar-refractivity contribution in [3.05, 3.63) is 48.0 Å². The van der Waals surface area contributed by atoms with E-state index in [0.29, 0.717) is 23.7 Å². The molecule has 12 nitrogen and oxygen atoms in total. The lowest BCUT2D eigenvalue weighted by molar-refractivity contribution is -0.170. The summed E-state index contributed by atoms with van der Waals surface area (Å²) in [5.41, 5.74) is 1.64. The van der Waals surface area contributed by atoms with E-state index >= 15 is 0 Å². The van der Waals surface area contributed by atoms with Gasteiger partial charge in [-0.3, -0.25) is 4.57 Å². The Morgan fingerprint density at radius 3 is 2.62 bits per heavy atom. The van der Waals surface area contributed by atoms with E-state index in [1.165, 1.54) is 10.9 Å². The highest BCUT2D eigenvalue weighted by molar-refractivity contribution is 5.96. The van der Waals surface area contributed by atoms with Crippen LogP contribution >= 0.6 is 0 Å². The van der Waals surface area contributed by atoms with Crippen molar-refractivity contribution in [1.82, 2.24) is 19.5 Å². The molecule has 1 fully saturated rings. The summed E-state index contributed by atoms with van der Waals surface area (Å²) in [4.78, 5) is 35.0. The Balaban J connectivity index is 1.54. The average Bonchev–Trinajstić information content (AvgIpc) is 3.33. The van der Waals surface area contributed by atoms with Crippen LogP contribution in [0.2, 0.25) is 0 Å². The van der Waals surface area contributed by atoms with Gasteiger partial charge in [-0.15, -0.1) is 0 Å². The van der Waals surface area contributed by atoms with E-state index in [9.17, 15) is 19.1 Å². The van der Waals surface area contributed by atoms with Crippen molar-refractivity contribution in [3.8, 4) is 0 Å². The molecular weight excluding hydrogens is 453 g/mol. The van der Waals surface area contributed by atoms with Crippen molar-refractivity contribution >= 4 is 28.9 Å². The van der Waals surface area contributed by atoms with Gasteiger partial charge in [0.15, 0.2) is 29.4 Å². The molecule has 4 atom stereocenters. The number of hydrogen-bond donors (Lipinski definition) is 4. The zero-order valence-corrected chi connectivity index (χ0v) is 17.9. The number of carboxylic acid groups (broad SMARTS) is 2. The molecule has 0 amide bonds. The monoisotopic (exact) mass is 475 g/mol. The number of halogens is 1. The maximum absolute atomic E-state index is 15.0. The molecule has 4 rings (SSSR count). The van der Waals surface area contributed by atoms with Crippen LogP contribution in [0.5, 0.6) is 0 Å². The van der Waals surface area contributed by atoms with Crippen molar-refractivity contribution in [1.29, 1.82) is 0 Å². The summed E-state index contributed by atoms with van der Waals surface area (Å²) in [5, 5.41) is 31.3. The fourth-order valence-electron chi connectivity index (χ4n) is 3.62. The van der Waals surface area contributed by atoms with Gasteiger partial charge in [-0.25, -0.2) is 28.9 Å². The van der Waals surface area contributed by atoms with Crippen molar-refractivity contribution in [3.63, 3.8) is 0 Å². The third-order valence-electron chi connectivity index (χ3n) is 5.28. The zero-order valence-electron chi connectivity index (χ0n) is 17.9. The first-order valence-corrected chi connectivity index (χ1v) is 10.3. The van der Waals surface area contributed by atoms with E-state index < -0.39 is 49.3 Å². The largest absolute Gasteiger partial charge is 0.479 e. The lowest BCUT2D eigenvalue weighted by Crippen LogP contribution is -2.38. The summed E-state index contributed by atoms with van der Waals surface area (Å²) in [5.74, 6) is -2.62. The second-order valence-electron chi connectivity index (χ2n) is 7.67. The van der Waals surface area contributed by atoms with Crippen molar-refractivity contribution in [2.24, 2.45) is 0 Å². The van der Waals surface area contributed by atoms with Crippen molar-refractivity contribution in [2.45, 2.75) is 44.2 Å². The number of rotatable bonds is 9. The van der Waals surface area contributed by atoms with Gasteiger partial charge in [-0.05, 0) is 12.5 Å². The van der Waals surface area contributed by atoms with Gasteiger partial charge in [0.05, 0.1) is 12.9 Å². The number of aliphatic hydroxyl groups is 1. The van der Waals surface area contributed by atoms with Gasteiger partial charge < -0.3 is 30.1 Å². The maximum atomic E-state index is 15.0. The first-order chi connectivity index (χ1) is 16.3. The predicted octanol–water partition coefficient (Wildman–Crippen LogP) is 0.898. The molecule has 0 aliphatic carbocycles. The number of ether oxygens (including phenoxy) is 2. The molecule has 2 aromatic heterocycles. The number of aromatic nitrogens is 4. The van der Waals surface area contributed by atoms with E-state index in [0.717, 1.165) is 5.56 Å². The number of carboxylic acids is 2. The fourth-order valence-corrected chi connectivity index (χ4v) is 3.62. The lowest BCUT2D eigenvalue weighted by atomic mass is 10.1. The van der Waals surface area contributed by atoms with Crippen molar-refractivity contribution in [2.75, 3.05) is 11.9 Å². The Labute approximate surface area is 192 Å². The van der Waals surface area contributed by atoms with Crippen LogP contribution in [0, 0.1) is 6.92 Å². The van der Waals surface area contributed by atoms with Crippen molar-refractivity contribution < 1.29 is 38.8 Å². The minimum Gasteiger partial charge on any atom is -0.479 e. The van der Waals surface area contributed by atoms with Gasteiger partial charge in [-0.2, -0.15) is 0 Å². The molecule has 1 aromatic carbocycles. The normalized spacial score (nSPS) is 22.4. The van der Waals surface area contributed by atoms with Gasteiger partial charge in [-0.1, -0.05) is 30.3 Å². The molecule has 1 saturated heterocycles. The Hall–Kier alpha value is -3.68. The molecule has 13 heteroatoms. The quantitative estimate of drug-likeness (QED) is 0.324. The number of aliphatic carboxylic acids is 2. The smallest absolute Gasteiger partial charge is 0.344 e. The first kappa shape index (κ1) is 23.5. The SMILES string of the molecule is Cc1nc(NCc2ccccc2)c2ncn([C@@H]3O[C@H](COC(C(=O)O)C(=O)O)[C@@H](O)[C@@H]3F)c2n1. The zero-order chi connectivity index (χ0) is 24.4. The van der Waals surface area contributed by atoms with E-state index in [2.05, 4.69) is 20.3 Å². The van der Waals surface area contributed by atoms with Gasteiger partial charge >= 0.3 is 11.9 Å². The number of nitrogens with one attached hydrogen (secondary N) is 1. The molecule has 3 aromatic rings. The molecule has 3 heterocycles. The Bertz CT molecular complexity index is 1180. The number of fused-ring (bicyclic) bond motifs is 1. The number of anilines is 1. The second kappa shape index (κ2) is 9.67. The molecular formula is C21H22FN5O7. The Morgan fingerprint density at radius 1 is 1.24 bits per heavy atom. The summed E-state index contributed by atoms with van der Waals surface area (Å²) >= 11 is 0. The number of imidazole rings is 1. The molecule has 4 N–H and O–H groups in total. The fraction of sp³-hybridized carbons (Fsp3) is 0.381. The standard InChI is InChI=1S/C21H22FN5O7/c1-10-25-17(23-7-11-5-3-2-4-6-11)14-18(26-10)27(9-24-14)19-13(22)15(28)12(34-19)8-33-16(20(29)30)21(31)32/h2-6,9,12-13,15-16,19,28H,7-8H2,1H3,(H,29,30)(H,31,32)(H,23,25,26)/t12-,13+,15-,19-/m1/s1. The molecule has 180 valence electrons. The number of alkyl halides is 1. The molecule has 1 aliphatic rings. The molecule has 1 aliphatic heterocycles. The van der Waals surface area contributed by atoms with Gasteiger partial charge in [0.2, 0.25) is 0 Å². The number of nitrogens with zero attached hydrogens (tertiary/aromatic N) is 4. The average molecular weight is 475 g/mol. The maximum Gasteiger partial charge on any atom is 0.344 e. The van der Waals surface area contributed by atoms with Crippen LogP contribution < -0.4 is 5.32 Å². The van der Waals surface area contributed by atoms with E-state index in [1.54, 1.807) is 6.92 Å². The number of aryl methyl sites for hydroxylation is 1. The number of carbonyl (C=O) groups is 2. The van der Waals surface area contributed by atoms with E-state index in [-0.39, 0.29) is 5.65 Å². The van der Waals surface area contributed by atoms with Gasteiger partial charge in [0, 0.05) is 6.54 Å². The second-order valence-corrected chi connectivity index (χ2v) is 7.67. The highest BCUT2D eigenvalue weighted by Gasteiger charge is 2.46. The Kier molecular flexibility index (Phi) is 6.68. The summed E-state index contributed by atoms with van der Waals surface area (Å²) in [6.07, 6.45) is -7.15. The topological polar surface area (TPSA) is 169 Å².